The first-order chi connectivity index (χ1) is 10.7. The monoisotopic (exact) mass is 298 g/mol. The molecule has 0 spiro atoms. The fraction of sp³-hybridized carbons (Fsp3) is 0.333. The first-order valence-corrected chi connectivity index (χ1v) is 7.58. The van der Waals surface area contributed by atoms with Crippen molar-refractivity contribution in [1.29, 1.82) is 0 Å². The van der Waals surface area contributed by atoms with Gasteiger partial charge in [-0.3, -0.25) is 0 Å². The molecule has 0 aromatic heterocycles. The van der Waals surface area contributed by atoms with Crippen molar-refractivity contribution < 1.29 is 9.47 Å². The van der Waals surface area contributed by atoms with E-state index in [-0.39, 0.29) is 0 Å². The van der Waals surface area contributed by atoms with Crippen LogP contribution in [0.15, 0.2) is 42.5 Å². The molecule has 3 rings (SSSR count). The topological polar surface area (TPSA) is 33.7 Å². The SMILES string of the molecule is CN(C)c1cccc(CNCc2cccc3c2OCCO3)c1. The zero-order chi connectivity index (χ0) is 15.4. The third-order valence-corrected chi connectivity index (χ3v) is 3.72. The summed E-state index contributed by atoms with van der Waals surface area (Å²) in [6.45, 7) is 2.83. The Morgan fingerprint density at radius 2 is 1.82 bits per heavy atom. The largest absolute Gasteiger partial charge is 0.486 e. The fourth-order valence-corrected chi connectivity index (χ4v) is 2.56. The van der Waals surface area contributed by atoms with Gasteiger partial charge in [0.25, 0.3) is 0 Å². The van der Waals surface area contributed by atoms with Crippen LogP contribution in [0, 0.1) is 0 Å². The molecule has 0 radical (unpaired) electrons. The highest BCUT2D eigenvalue weighted by molar-refractivity contribution is 5.48. The van der Waals surface area contributed by atoms with Crippen LogP contribution in [0.1, 0.15) is 11.1 Å². The maximum absolute atomic E-state index is 5.74. The van der Waals surface area contributed by atoms with Crippen molar-refractivity contribution in [3.8, 4) is 11.5 Å². The second kappa shape index (κ2) is 6.71. The summed E-state index contributed by atoms with van der Waals surface area (Å²) in [5, 5.41) is 3.48. The van der Waals surface area contributed by atoms with Crippen molar-refractivity contribution in [3.63, 3.8) is 0 Å². The standard InChI is InChI=1S/C18H22N2O2/c1-20(2)16-7-3-5-14(11-16)12-19-13-15-6-4-8-17-18(15)22-10-9-21-17/h3-8,11,19H,9-10,12-13H2,1-2H3. The molecule has 0 amide bonds. The molecule has 0 aliphatic carbocycles. The predicted octanol–water partition coefficient (Wildman–Crippen LogP) is 2.81. The van der Waals surface area contributed by atoms with Crippen LogP contribution in [0.5, 0.6) is 11.5 Å². The lowest BCUT2D eigenvalue weighted by Crippen LogP contribution is -2.19. The van der Waals surface area contributed by atoms with Gasteiger partial charge in [0.1, 0.15) is 13.2 Å². The van der Waals surface area contributed by atoms with Gasteiger partial charge in [-0.1, -0.05) is 24.3 Å². The number of nitrogens with zero attached hydrogens (tertiary/aromatic N) is 1. The number of hydrogen-bond donors (Lipinski definition) is 1. The van der Waals surface area contributed by atoms with Crippen molar-refractivity contribution in [2.45, 2.75) is 13.1 Å². The van der Waals surface area contributed by atoms with Crippen molar-refractivity contribution in [2.75, 3.05) is 32.2 Å². The zero-order valence-corrected chi connectivity index (χ0v) is 13.1. The van der Waals surface area contributed by atoms with E-state index in [2.05, 4.69) is 54.6 Å². The third kappa shape index (κ3) is 3.34. The molecule has 1 N–H and O–H groups in total. The van der Waals surface area contributed by atoms with Crippen LogP contribution in [-0.4, -0.2) is 27.3 Å². The highest BCUT2D eigenvalue weighted by Gasteiger charge is 2.14. The molecule has 0 bridgehead atoms. The van der Waals surface area contributed by atoms with E-state index in [0.717, 1.165) is 30.2 Å². The van der Waals surface area contributed by atoms with Crippen molar-refractivity contribution in [1.82, 2.24) is 5.32 Å². The second-order valence-corrected chi connectivity index (χ2v) is 5.61. The zero-order valence-electron chi connectivity index (χ0n) is 13.1. The molecule has 116 valence electrons. The van der Waals surface area contributed by atoms with Gasteiger partial charge in [-0.25, -0.2) is 0 Å². The highest BCUT2D eigenvalue weighted by Crippen LogP contribution is 2.33. The van der Waals surface area contributed by atoms with Gasteiger partial charge in [0.05, 0.1) is 0 Å². The first kappa shape index (κ1) is 14.7. The van der Waals surface area contributed by atoms with Gasteiger partial charge >= 0.3 is 0 Å². The summed E-state index contributed by atoms with van der Waals surface area (Å²) in [5.41, 5.74) is 3.63. The van der Waals surface area contributed by atoms with E-state index < -0.39 is 0 Å². The highest BCUT2D eigenvalue weighted by atomic mass is 16.6. The summed E-state index contributed by atoms with van der Waals surface area (Å²) in [5.74, 6) is 1.73. The number of hydrogen-bond acceptors (Lipinski definition) is 4. The van der Waals surface area contributed by atoms with Crippen LogP contribution in [-0.2, 0) is 13.1 Å². The van der Waals surface area contributed by atoms with Gasteiger partial charge in [-0.2, -0.15) is 0 Å². The predicted molar refractivity (Wildman–Crippen MR) is 88.7 cm³/mol. The van der Waals surface area contributed by atoms with E-state index >= 15 is 0 Å². The molecule has 0 unspecified atom stereocenters. The minimum Gasteiger partial charge on any atom is -0.486 e. The van der Waals surface area contributed by atoms with Crippen LogP contribution in [0.3, 0.4) is 0 Å². The summed E-state index contributed by atoms with van der Waals surface area (Å²) in [6, 6.07) is 14.6. The minimum atomic E-state index is 0.620. The maximum Gasteiger partial charge on any atom is 0.165 e. The number of para-hydroxylation sites is 1. The third-order valence-electron chi connectivity index (χ3n) is 3.72. The van der Waals surface area contributed by atoms with E-state index in [1.807, 2.05) is 12.1 Å². The average Bonchev–Trinajstić information content (AvgIpc) is 2.55. The number of anilines is 1. The van der Waals surface area contributed by atoms with E-state index in [4.69, 9.17) is 9.47 Å². The molecule has 4 heteroatoms. The molecular formula is C18H22N2O2. The van der Waals surface area contributed by atoms with Crippen LogP contribution in [0.2, 0.25) is 0 Å². The number of ether oxygens (including phenoxy) is 2. The van der Waals surface area contributed by atoms with Crippen molar-refractivity contribution in [2.24, 2.45) is 0 Å². The molecule has 1 heterocycles. The Morgan fingerprint density at radius 1 is 1.00 bits per heavy atom. The molecular weight excluding hydrogens is 276 g/mol. The van der Waals surface area contributed by atoms with Crippen LogP contribution in [0.25, 0.3) is 0 Å². The lowest BCUT2D eigenvalue weighted by Gasteiger charge is -2.21. The van der Waals surface area contributed by atoms with Gasteiger partial charge in [-0.05, 0) is 23.8 Å². The Hall–Kier alpha value is -2.20. The molecule has 1 aliphatic rings. The van der Waals surface area contributed by atoms with E-state index in [9.17, 15) is 0 Å². The van der Waals surface area contributed by atoms with Crippen molar-refractivity contribution in [3.05, 3.63) is 53.6 Å². The average molecular weight is 298 g/mol. The number of fused-ring (bicyclic) bond motifs is 1. The van der Waals surface area contributed by atoms with E-state index in [1.54, 1.807) is 0 Å². The number of rotatable bonds is 5. The Balaban J connectivity index is 1.63. The molecule has 2 aromatic carbocycles. The molecule has 1 aliphatic heterocycles. The number of benzene rings is 2. The van der Waals surface area contributed by atoms with Crippen molar-refractivity contribution >= 4 is 5.69 Å². The Labute approximate surface area is 131 Å². The van der Waals surface area contributed by atoms with Gasteiger partial charge in [0, 0.05) is 38.4 Å². The summed E-state index contributed by atoms with van der Waals surface area (Å²) in [7, 11) is 4.11. The summed E-state index contributed by atoms with van der Waals surface area (Å²) >= 11 is 0. The normalized spacial score (nSPS) is 13.0. The molecule has 4 nitrogen and oxygen atoms in total. The Morgan fingerprint density at radius 3 is 2.68 bits per heavy atom. The fourth-order valence-electron chi connectivity index (χ4n) is 2.56. The summed E-state index contributed by atoms with van der Waals surface area (Å²) in [4.78, 5) is 2.11. The maximum atomic E-state index is 5.74. The summed E-state index contributed by atoms with van der Waals surface area (Å²) < 4.78 is 11.3. The lowest BCUT2D eigenvalue weighted by molar-refractivity contribution is 0.169. The van der Waals surface area contributed by atoms with Crippen LogP contribution >= 0.6 is 0 Å². The molecule has 2 aromatic rings. The minimum absolute atomic E-state index is 0.620. The van der Waals surface area contributed by atoms with Gasteiger partial charge < -0.3 is 19.7 Å². The Kier molecular flexibility index (Phi) is 4.49. The molecule has 0 atom stereocenters. The summed E-state index contributed by atoms with van der Waals surface area (Å²) in [6.07, 6.45) is 0. The van der Waals surface area contributed by atoms with Crippen LogP contribution in [0.4, 0.5) is 5.69 Å². The smallest absolute Gasteiger partial charge is 0.165 e. The van der Waals surface area contributed by atoms with Gasteiger partial charge in [-0.15, -0.1) is 0 Å². The molecule has 0 saturated carbocycles. The van der Waals surface area contributed by atoms with E-state index in [1.165, 1.54) is 11.3 Å². The number of nitrogens with one attached hydrogen (secondary N) is 1. The van der Waals surface area contributed by atoms with Gasteiger partial charge in [0.2, 0.25) is 0 Å². The lowest BCUT2D eigenvalue weighted by atomic mass is 10.1. The molecule has 0 saturated heterocycles. The second-order valence-electron chi connectivity index (χ2n) is 5.61. The first-order valence-electron chi connectivity index (χ1n) is 7.58. The molecule has 0 fully saturated rings. The van der Waals surface area contributed by atoms with E-state index in [0.29, 0.717) is 13.2 Å². The Bertz CT molecular complexity index is 641. The molecule has 22 heavy (non-hydrogen) atoms. The van der Waals surface area contributed by atoms with Gasteiger partial charge in [0.15, 0.2) is 11.5 Å². The van der Waals surface area contributed by atoms with Crippen LogP contribution < -0.4 is 19.7 Å². The quantitative estimate of drug-likeness (QED) is 0.920.